The van der Waals surface area contributed by atoms with Gasteiger partial charge in [-0.2, -0.15) is 0 Å². The Labute approximate surface area is 91.7 Å². The molecule has 0 saturated carbocycles. The summed E-state index contributed by atoms with van der Waals surface area (Å²) in [5, 5.41) is 11.5. The normalized spacial score (nSPS) is 9.75. The van der Waals surface area contributed by atoms with E-state index in [9.17, 15) is 9.59 Å². The Kier molecular flexibility index (Phi) is 4.19. The largest absolute Gasteiger partial charge is 0.476 e. The van der Waals surface area contributed by atoms with Gasteiger partial charge < -0.3 is 16.2 Å². The zero-order valence-corrected chi connectivity index (χ0v) is 8.51. The van der Waals surface area contributed by atoms with Crippen LogP contribution in [-0.2, 0) is 4.79 Å². The van der Waals surface area contributed by atoms with Crippen molar-refractivity contribution >= 4 is 17.7 Å². The van der Waals surface area contributed by atoms with Crippen LogP contribution < -0.4 is 11.1 Å². The highest BCUT2D eigenvalue weighted by Gasteiger charge is 2.05. The number of carbonyl (C=O) groups is 2. The van der Waals surface area contributed by atoms with Crippen molar-refractivity contribution in [1.82, 2.24) is 9.97 Å². The summed E-state index contributed by atoms with van der Waals surface area (Å²) in [5.74, 6) is -1.13. The van der Waals surface area contributed by atoms with Crippen LogP contribution in [0.2, 0.25) is 0 Å². The number of primary amides is 1. The van der Waals surface area contributed by atoms with E-state index < -0.39 is 5.97 Å². The highest BCUT2D eigenvalue weighted by atomic mass is 16.4. The lowest BCUT2D eigenvalue weighted by Gasteiger charge is -2.04. The van der Waals surface area contributed by atoms with Gasteiger partial charge in [0.2, 0.25) is 5.91 Å². The minimum atomic E-state index is -1.13. The summed E-state index contributed by atoms with van der Waals surface area (Å²) < 4.78 is 0. The maximum atomic E-state index is 10.6. The summed E-state index contributed by atoms with van der Waals surface area (Å²) in [4.78, 5) is 28.5. The molecule has 86 valence electrons. The standard InChI is InChI=1S/C9H12N4O3/c10-7(14)2-1-3-12-8-5-11-4-6(13-8)9(15)16/h4-5H,1-3H2,(H2,10,14)(H,12,13)(H,15,16). The molecule has 16 heavy (non-hydrogen) atoms. The molecule has 4 N–H and O–H groups in total. The minimum Gasteiger partial charge on any atom is -0.476 e. The van der Waals surface area contributed by atoms with Crippen LogP contribution in [0, 0.1) is 0 Å². The highest BCUT2D eigenvalue weighted by molar-refractivity contribution is 5.85. The molecule has 0 aliphatic rings. The number of rotatable bonds is 6. The fourth-order valence-electron chi connectivity index (χ4n) is 1.03. The van der Waals surface area contributed by atoms with E-state index >= 15 is 0 Å². The number of carboxylic acids is 1. The molecule has 0 bridgehead atoms. The SMILES string of the molecule is NC(=O)CCCNc1cncc(C(=O)O)n1. The average Bonchev–Trinajstić information content (AvgIpc) is 2.24. The second-order valence-corrected chi connectivity index (χ2v) is 3.09. The summed E-state index contributed by atoms with van der Waals surface area (Å²) in [6.07, 6.45) is 3.42. The topological polar surface area (TPSA) is 118 Å². The molecule has 7 nitrogen and oxygen atoms in total. The molecule has 1 aromatic rings. The van der Waals surface area contributed by atoms with Crippen molar-refractivity contribution in [2.24, 2.45) is 5.73 Å². The van der Waals surface area contributed by atoms with Gasteiger partial charge in [0.1, 0.15) is 5.82 Å². The van der Waals surface area contributed by atoms with Gasteiger partial charge in [0.05, 0.1) is 12.4 Å². The van der Waals surface area contributed by atoms with Crippen molar-refractivity contribution in [3.05, 3.63) is 18.1 Å². The lowest BCUT2D eigenvalue weighted by Crippen LogP contribution is -2.13. The lowest BCUT2D eigenvalue weighted by molar-refractivity contribution is -0.118. The number of anilines is 1. The summed E-state index contributed by atoms with van der Waals surface area (Å²) in [5.41, 5.74) is 4.84. The van der Waals surface area contributed by atoms with E-state index in [1.165, 1.54) is 6.20 Å². The second-order valence-electron chi connectivity index (χ2n) is 3.09. The van der Waals surface area contributed by atoms with Crippen LogP contribution in [0.1, 0.15) is 23.3 Å². The summed E-state index contributed by atoms with van der Waals surface area (Å²) >= 11 is 0. The molecule has 1 aromatic heterocycles. The van der Waals surface area contributed by atoms with Crippen LogP contribution in [0.4, 0.5) is 5.82 Å². The van der Waals surface area contributed by atoms with Gasteiger partial charge in [-0.25, -0.2) is 9.78 Å². The number of nitrogens with zero attached hydrogens (tertiary/aromatic N) is 2. The smallest absolute Gasteiger partial charge is 0.356 e. The average molecular weight is 224 g/mol. The Morgan fingerprint density at radius 2 is 2.19 bits per heavy atom. The van der Waals surface area contributed by atoms with Crippen molar-refractivity contribution in [1.29, 1.82) is 0 Å². The third-order valence-corrected chi connectivity index (χ3v) is 1.76. The summed E-state index contributed by atoms with van der Waals surface area (Å²) in [6, 6.07) is 0. The predicted molar refractivity (Wildman–Crippen MR) is 55.9 cm³/mol. The third kappa shape index (κ3) is 3.91. The van der Waals surface area contributed by atoms with Crippen LogP contribution in [-0.4, -0.2) is 33.5 Å². The fourth-order valence-corrected chi connectivity index (χ4v) is 1.03. The summed E-state index contributed by atoms with van der Waals surface area (Å²) in [6.45, 7) is 0.487. The van der Waals surface area contributed by atoms with Crippen LogP contribution >= 0.6 is 0 Å². The molecule has 1 amide bonds. The zero-order valence-electron chi connectivity index (χ0n) is 8.51. The first-order valence-corrected chi connectivity index (χ1v) is 4.67. The molecule has 0 unspecified atom stereocenters. The number of hydrogen-bond donors (Lipinski definition) is 3. The van der Waals surface area contributed by atoms with E-state index in [0.29, 0.717) is 18.8 Å². The molecule has 7 heteroatoms. The molecule has 0 spiro atoms. The molecule has 0 aromatic carbocycles. The maximum absolute atomic E-state index is 10.6. The Morgan fingerprint density at radius 1 is 1.44 bits per heavy atom. The van der Waals surface area contributed by atoms with Crippen molar-refractivity contribution in [2.75, 3.05) is 11.9 Å². The Bertz CT molecular complexity index is 394. The van der Waals surface area contributed by atoms with E-state index in [2.05, 4.69) is 15.3 Å². The fraction of sp³-hybridized carbons (Fsp3) is 0.333. The first-order valence-electron chi connectivity index (χ1n) is 4.67. The molecule has 0 fully saturated rings. The highest BCUT2D eigenvalue weighted by Crippen LogP contribution is 2.02. The van der Waals surface area contributed by atoms with Gasteiger partial charge in [-0.15, -0.1) is 0 Å². The quantitative estimate of drug-likeness (QED) is 0.578. The van der Waals surface area contributed by atoms with Crippen molar-refractivity contribution in [3.8, 4) is 0 Å². The van der Waals surface area contributed by atoms with Crippen LogP contribution in [0.3, 0.4) is 0 Å². The first-order chi connectivity index (χ1) is 7.59. The van der Waals surface area contributed by atoms with Gasteiger partial charge in [-0.1, -0.05) is 0 Å². The van der Waals surface area contributed by atoms with E-state index in [1.807, 2.05) is 0 Å². The Morgan fingerprint density at radius 3 is 2.81 bits per heavy atom. The van der Waals surface area contributed by atoms with Gasteiger partial charge in [0, 0.05) is 13.0 Å². The van der Waals surface area contributed by atoms with Crippen LogP contribution in [0.15, 0.2) is 12.4 Å². The van der Waals surface area contributed by atoms with Gasteiger partial charge in [0.15, 0.2) is 5.69 Å². The number of carbonyl (C=O) groups excluding carboxylic acids is 1. The number of nitrogens with one attached hydrogen (secondary N) is 1. The molecular formula is C9H12N4O3. The van der Waals surface area contributed by atoms with E-state index in [4.69, 9.17) is 10.8 Å². The molecule has 0 aliphatic carbocycles. The molecule has 1 rings (SSSR count). The molecule has 0 aliphatic heterocycles. The predicted octanol–water partition coefficient (Wildman–Crippen LogP) is -0.148. The maximum Gasteiger partial charge on any atom is 0.356 e. The molecular weight excluding hydrogens is 212 g/mol. The van der Waals surface area contributed by atoms with Crippen LogP contribution in [0.5, 0.6) is 0 Å². The number of carboxylic acid groups (broad SMARTS) is 1. The third-order valence-electron chi connectivity index (χ3n) is 1.76. The van der Waals surface area contributed by atoms with Crippen molar-refractivity contribution < 1.29 is 14.7 Å². The van der Waals surface area contributed by atoms with Crippen molar-refractivity contribution in [2.45, 2.75) is 12.8 Å². The van der Waals surface area contributed by atoms with E-state index in [0.717, 1.165) is 6.20 Å². The second kappa shape index (κ2) is 5.64. The van der Waals surface area contributed by atoms with Crippen molar-refractivity contribution in [3.63, 3.8) is 0 Å². The van der Waals surface area contributed by atoms with Gasteiger partial charge in [-0.3, -0.25) is 9.78 Å². The van der Waals surface area contributed by atoms with Crippen LogP contribution in [0.25, 0.3) is 0 Å². The minimum absolute atomic E-state index is 0.125. The number of hydrogen-bond acceptors (Lipinski definition) is 5. The number of aromatic nitrogens is 2. The molecule has 0 saturated heterocycles. The van der Waals surface area contributed by atoms with Gasteiger partial charge in [-0.05, 0) is 6.42 Å². The Hall–Kier alpha value is -2.18. The molecule has 0 radical (unpaired) electrons. The monoisotopic (exact) mass is 224 g/mol. The van der Waals surface area contributed by atoms with Gasteiger partial charge in [0.25, 0.3) is 0 Å². The number of aromatic carboxylic acids is 1. The number of amides is 1. The van der Waals surface area contributed by atoms with Gasteiger partial charge >= 0.3 is 5.97 Å². The zero-order chi connectivity index (χ0) is 12.0. The Balaban J connectivity index is 2.45. The molecule has 1 heterocycles. The first kappa shape index (κ1) is 11.9. The number of nitrogens with two attached hydrogens (primary N) is 1. The lowest BCUT2D eigenvalue weighted by atomic mass is 10.3. The summed E-state index contributed by atoms with van der Waals surface area (Å²) in [7, 11) is 0. The van der Waals surface area contributed by atoms with E-state index in [1.54, 1.807) is 0 Å². The van der Waals surface area contributed by atoms with E-state index in [-0.39, 0.29) is 18.0 Å². The molecule has 0 atom stereocenters.